The second-order valence-corrected chi connectivity index (χ2v) is 8.06. The third-order valence-corrected chi connectivity index (χ3v) is 6.08. The van der Waals surface area contributed by atoms with Crippen LogP contribution in [0, 0.1) is 0 Å². The van der Waals surface area contributed by atoms with Crippen LogP contribution in [0.5, 0.6) is 5.75 Å². The normalized spacial score (nSPS) is 18.7. The number of ether oxygens (including phenoxy) is 2. The van der Waals surface area contributed by atoms with Crippen molar-refractivity contribution < 1.29 is 14.3 Å². The minimum atomic E-state index is -0.325. The molecule has 6 heteroatoms. The average molecular weight is 430 g/mol. The molecule has 32 heavy (non-hydrogen) atoms. The van der Waals surface area contributed by atoms with Gasteiger partial charge in [0.25, 0.3) is 5.91 Å². The van der Waals surface area contributed by atoms with Crippen LogP contribution in [0.25, 0.3) is 0 Å². The number of fused-ring (bicyclic) bond motifs is 1. The summed E-state index contributed by atoms with van der Waals surface area (Å²) in [6, 6.07) is 23.7. The summed E-state index contributed by atoms with van der Waals surface area (Å²) in [6.45, 7) is 4.08. The molecule has 1 saturated heterocycles. The van der Waals surface area contributed by atoms with Crippen LogP contribution in [0.3, 0.4) is 0 Å². The molecule has 0 spiro atoms. The van der Waals surface area contributed by atoms with E-state index in [2.05, 4.69) is 16.3 Å². The molecular formula is C26H27N3O3. The maximum absolute atomic E-state index is 13.6. The summed E-state index contributed by atoms with van der Waals surface area (Å²) < 4.78 is 11.2. The first kappa shape index (κ1) is 20.5. The number of methoxy groups -OCH3 is 1. The second kappa shape index (κ2) is 9.02. The van der Waals surface area contributed by atoms with Crippen LogP contribution in [0.4, 0.5) is 11.4 Å². The van der Waals surface area contributed by atoms with Crippen molar-refractivity contribution in [3.63, 3.8) is 0 Å². The zero-order valence-electron chi connectivity index (χ0n) is 18.2. The Morgan fingerprint density at radius 3 is 2.53 bits per heavy atom. The van der Waals surface area contributed by atoms with Gasteiger partial charge in [-0.25, -0.2) is 0 Å². The fraction of sp³-hybridized carbons (Fsp3) is 0.269. The molecule has 2 aliphatic heterocycles. The van der Waals surface area contributed by atoms with Gasteiger partial charge in [-0.15, -0.1) is 0 Å². The highest BCUT2D eigenvalue weighted by Gasteiger charge is 2.34. The van der Waals surface area contributed by atoms with Crippen molar-refractivity contribution in [2.75, 3.05) is 43.6 Å². The first-order valence-corrected chi connectivity index (χ1v) is 11.0. The number of hydrogen-bond donors (Lipinski definition) is 1. The van der Waals surface area contributed by atoms with Crippen molar-refractivity contribution in [1.29, 1.82) is 0 Å². The molecule has 1 fully saturated rings. The lowest BCUT2D eigenvalue weighted by atomic mass is 10.0. The zero-order valence-corrected chi connectivity index (χ0v) is 18.2. The van der Waals surface area contributed by atoms with Crippen LogP contribution in [0.15, 0.2) is 72.8 Å². The number of anilines is 2. The van der Waals surface area contributed by atoms with E-state index < -0.39 is 0 Å². The van der Waals surface area contributed by atoms with Crippen molar-refractivity contribution in [2.45, 2.75) is 12.7 Å². The Labute approximate surface area is 188 Å². The third-order valence-electron chi connectivity index (χ3n) is 6.08. The Balaban J connectivity index is 1.55. The monoisotopic (exact) mass is 429 g/mol. The van der Waals surface area contributed by atoms with E-state index in [0.717, 1.165) is 61.1 Å². The molecule has 0 aliphatic carbocycles. The molecule has 0 unspecified atom stereocenters. The lowest BCUT2D eigenvalue weighted by Crippen LogP contribution is -2.43. The van der Waals surface area contributed by atoms with Crippen LogP contribution in [-0.2, 0) is 11.3 Å². The van der Waals surface area contributed by atoms with Crippen molar-refractivity contribution in [3.8, 4) is 5.75 Å². The molecule has 1 atom stereocenters. The van der Waals surface area contributed by atoms with Crippen molar-refractivity contribution in [2.24, 2.45) is 0 Å². The number of para-hydroxylation sites is 2. The van der Waals surface area contributed by atoms with Crippen LogP contribution < -0.4 is 15.0 Å². The van der Waals surface area contributed by atoms with Gasteiger partial charge in [-0.05, 0) is 42.0 Å². The lowest BCUT2D eigenvalue weighted by molar-refractivity contribution is 0.0338. The zero-order chi connectivity index (χ0) is 21.9. The summed E-state index contributed by atoms with van der Waals surface area (Å²) in [6.07, 6.45) is -0.325. The molecule has 0 radical (unpaired) electrons. The van der Waals surface area contributed by atoms with Gasteiger partial charge in [0.1, 0.15) is 11.9 Å². The smallest absolute Gasteiger partial charge is 0.262 e. The van der Waals surface area contributed by atoms with E-state index in [1.165, 1.54) is 0 Å². The quantitative estimate of drug-likeness (QED) is 0.656. The SMILES string of the molecule is COc1ccc([C@H]2Nc3ccccc3C(=O)N2c2ccccc2)cc1CN1CCOCC1. The number of benzene rings is 3. The number of nitrogens with one attached hydrogen (secondary N) is 1. The summed E-state index contributed by atoms with van der Waals surface area (Å²) in [5, 5.41) is 3.59. The average Bonchev–Trinajstić information content (AvgIpc) is 2.85. The van der Waals surface area contributed by atoms with Crippen molar-refractivity contribution in [1.82, 2.24) is 4.90 Å². The van der Waals surface area contributed by atoms with Crippen molar-refractivity contribution >= 4 is 17.3 Å². The van der Waals surface area contributed by atoms with E-state index in [1.807, 2.05) is 71.6 Å². The van der Waals surface area contributed by atoms with E-state index in [9.17, 15) is 4.79 Å². The predicted octanol–water partition coefficient (Wildman–Crippen LogP) is 4.30. The van der Waals surface area contributed by atoms with Gasteiger partial charge in [0, 0.05) is 36.6 Å². The summed E-state index contributed by atoms with van der Waals surface area (Å²) in [5.41, 5.74) is 4.50. The Bertz CT molecular complexity index is 1100. The molecule has 5 rings (SSSR count). The van der Waals surface area contributed by atoms with Gasteiger partial charge in [-0.2, -0.15) is 0 Å². The molecule has 2 aliphatic rings. The minimum Gasteiger partial charge on any atom is -0.496 e. The van der Waals surface area contributed by atoms with Crippen molar-refractivity contribution in [3.05, 3.63) is 89.5 Å². The number of carbonyl (C=O) groups excluding carboxylic acids is 1. The highest BCUT2D eigenvalue weighted by atomic mass is 16.5. The Hall–Kier alpha value is -3.35. The lowest BCUT2D eigenvalue weighted by Gasteiger charge is -2.38. The Morgan fingerprint density at radius 2 is 1.75 bits per heavy atom. The van der Waals surface area contributed by atoms with Gasteiger partial charge in [-0.3, -0.25) is 14.6 Å². The molecule has 6 nitrogen and oxygen atoms in total. The Morgan fingerprint density at radius 1 is 1.00 bits per heavy atom. The topological polar surface area (TPSA) is 54.0 Å². The third kappa shape index (κ3) is 3.95. The summed E-state index contributed by atoms with van der Waals surface area (Å²) in [4.78, 5) is 17.8. The molecule has 0 saturated carbocycles. The van der Waals surface area contributed by atoms with Crippen LogP contribution in [-0.4, -0.2) is 44.2 Å². The minimum absolute atomic E-state index is 0.0129. The maximum atomic E-state index is 13.6. The van der Waals surface area contributed by atoms with E-state index in [4.69, 9.17) is 9.47 Å². The summed E-state index contributed by atoms with van der Waals surface area (Å²) >= 11 is 0. The van der Waals surface area contributed by atoms with E-state index >= 15 is 0 Å². The Kier molecular flexibility index (Phi) is 5.79. The molecule has 164 valence electrons. The molecular weight excluding hydrogens is 402 g/mol. The molecule has 3 aromatic rings. The van der Waals surface area contributed by atoms with E-state index in [1.54, 1.807) is 7.11 Å². The molecule has 1 N–H and O–H groups in total. The fourth-order valence-electron chi connectivity index (χ4n) is 4.43. The number of hydrogen-bond acceptors (Lipinski definition) is 5. The number of amides is 1. The fourth-order valence-corrected chi connectivity index (χ4v) is 4.43. The van der Waals surface area contributed by atoms with Gasteiger partial charge < -0.3 is 14.8 Å². The van der Waals surface area contributed by atoms with E-state index in [-0.39, 0.29) is 12.1 Å². The van der Waals surface area contributed by atoms with Gasteiger partial charge >= 0.3 is 0 Å². The number of nitrogens with zero attached hydrogens (tertiary/aromatic N) is 2. The van der Waals surface area contributed by atoms with Gasteiger partial charge in [0.2, 0.25) is 0 Å². The van der Waals surface area contributed by atoms with Crippen LogP contribution in [0.1, 0.15) is 27.7 Å². The summed E-state index contributed by atoms with van der Waals surface area (Å²) in [7, 11) is 1.70. The van der Waals surface area contributed by atoms with E-state index in [0.29, 0.717) is 5.56 Å². The molecule has 0 aromatic heterocycles. The second-order valence-electron chi connectivity index (χ2n) is 8.06. The molecule has 0 bridgehead atoms. The molecule has 1 amide bonds. The first-order chi connectivity index (χ1) is 15.7. The standard InChI is InChI=1S/C26H27N3O3/c1-31-24-12-11-19(17-20(24)18-28-13-15-32-16-14-28)25-27-23-10-6-5-9-22(23)26(30)29(25)21-7-3-2-4-8-21/h2-12,17,25,27H,13-16,18H2,1H3/t25-/m0/s1. The molecule has 2 heterocycles. The van der Waals surface area contributed by atoms with Crippen LogP contribution >= 0.6 is 0 Å². The first-order valence-electron chi connectivity index (χ1n) is 11.0. The highest BCUT2D eigenvalue weighted by molar-refractivity contribution is 6.12. The largest absolute Gasteiger partial charge is 0.496 e. The number of morpholine rings is 1. The van der Waals surface area contributed by atoms with Gasteiger partial charge in [-0.1, -0.05) is 36.4 Å². The van der Waals surface area contributed by atoms with Gasteiger partial charge in [0.15, 0.2) is 0 Å². The van der Waals surface area contributed by atoms with Crippen LogP contribution in [0.2, 0.25) is 0 Å². The maximum Gasteiger partial charge on any atom is 0.262 e. The molecule has 3 aromatic carbocycles. The van der Waals surface area contributed by atoms with Gasteiger partial charge in [0.05, 0.1) is 25.9 Å². The highest BCUT2D eigenvalue weighted by Crippen LogP contribution is 2.37. The number of carbonyl (C=O) groups is 1. The number of rotatable bonds is 5. The predicted molar refractivity (Wildman–Crippen MR) is 125 cm³/mol. The summed E-state index contributed by atoms with van der Waals surface area (Å²) in [5.74, 6) is 0.843.